The summed E-state index contributed by atoms with van der Waals surface area (Å²) in [6, 6.07) is 3.89. The molecule has 2 aromatic rings. The maximum absolute atomic E-state index is 5.01. The predicted octanol–water partition coefficient (Wildman–Crippen LogP) is 2.72. The van der Waals surface area contributed by atoms with E-state index in [2.05, 4.69) is 31.3 Å². The highest BCUT2D eigenvalue weighted by Crippen LogP contribution is 2.16. The molecule has 0 amide bonds. The molecule has 0 aliphatic heterocycles. The molecular weight excluding hydrogens is 296 g/mol. The Morgan fingerprint density at radius 1 is 1.39 bits per heavy atom. The second-order valence-electron chi connectivity index (χ2n) is 4.04. The fraction of sp³-hybridized carbons (Fsp3) is 0.500. The highest BCUT2D eigenvalue weighted by molar-refractivity contribution is 9.10. The van der Waals surface area contributed by atoms with E-state index in [0.717, 1.165) is 42.5 Å². The van der Waals surface area contributed by atoms with Crippen LogP contribution < -0.4 is 5.32 Å². The van der Waals surface area contributed by atoms with Gasteiger partial charge in [-0.25, -0.2) is 4.52 Å². The second kappa shape index (κ2) is 6.70. The Labute approximate surface area is 115 Å². The van der Waals surface area contributed by atoms with Gasteiger partial charge in [-0.3, -0.25) is 0 Å². The van der Waals surface area contributed by atoms with Gasteiger partial charge in [-0.2, -0.15) is 4.98 Å². The number of fused-ring (bicyclic) bond motifs is 1. The summed E-state index contributed by atoms with van der Waals surface area (Å²) in [4.78, 5) is 4.42. The molecule has 0 aromatic carbocycles. The zero-order valence-electron chi connectivity index (χ0n) is 10.4. The number of pyridine rings is 1. The third-order valence-electron chi connectivity index (χ3n) is 2.62. The molecular formula is C12H17BrN4O. The summed E-state index contributed by atoms with van der Waals surface area (Å²) in [5.41, 5.74) is 0.833. The Kier molecular flexibility index (Phi) is 4.95. The van der Waals surface area contributed by atoms with Crippen LogP contribution in [0.4, 0.5) is 5.95 Å². The normalized spacial score (nSPS) is 11.0. The van der Waals surface area contributed by atoms with Gasteiger partial charge in [-0.1, -0.05) is 0 Å². The highest BCUT2D eigenvalue weighted by atomic mass is 79.9. The minimum atomic E-state index is 0.675. The molecule has 6 heteroatoms. The molecule has 2 aromatic heterocycles. The first-order chi connectivity index (χ1) is 8.81. The smallest absolute Gasteiger partial charge is 0.243 e. The SMILES string of the molecule is COCCCCCNc1nc2c(Br)cccn2n1. The summed E-state index contributed by atoms with van der Waals surface area (Å²) >= 11 is 3.46. The van der Waals surface area contributed by atoms with E-state index in [4.69, 9.17) is 4.74 Å². The van der Waals surface area contributed by atoms with Crippen molar-refractivity contribution < 1.29 is 4.74 Å². The fourth-order valence-electron chi connectivity index (χ4n) is 1.70. The number of anilines is 1. The van der Waals surface area contributed by atoms with Gasteiger partial charge in [0.25, 0.3) is 0 Å². The number of hydrogen-bond acceptors (Lipinski definition) is 4. The number of nitrogens with one attached hydrogen (secondary N) is 1. The maximum atomic E-state index is 5.01. The minimum Gasteiger partial charge on any atom is -0.385 e. The average molecular weight is 313 g/mol. The van der Waals surface area contributed by atoms with Crippen molar-refractivity contribution in [1.82, 2.24) is 14.6 Å². The standard InChI is InChI=1S/C12H17BrN4O/c1-18-9-4-2-3-7-14-12-15-11-10(13)6-5-8-17(11)16-12/h5-6,8H,2-4,7,9H2,1H3,(H,14,16). The molecule has 0 aliphatic carbocycles. The van der Waals surface area contributed by atoms with E-state index in [9.17, 15) is 0 Å². The monoisotopic (exact) mass is 312 g/mol. The molecule has 0 radical (unpaired) electrons. The van der Waals surface area contributed by atoms with E-state index in [1.165, 1.54) is 0 Å². The van der Waals surface area contributed by atoms with Crippen LogP contribution in [0.3, 0.4) is 0 Å². The highest BCUT2D eigenvalue weighted by Gasteiger charge is 2.04. The summed E-state index contributed by atoms with van der Waals surface area (Å²) in [6.07, 6.45) is 5.23. The largest absolute Gasteiger partial charge is 0.385 e. The van der Waals surface area contributed by atoms with E-state index < -0.39 is 0 Å². The number of hydrogen-bond donors (Lipinski definition) is 1. The zero-order chi connectivity index (χ0) is 12.8. The number of rotatable bonds is 7. The van der Waals surface area contributed by atoms with Crippen LogP contribution in [-0.4, -0.2) is 34.9 Å². The molecule has 18 heavy (non-hydrogen) atoms. The number of unbranched alkanes of at least 4 members (excludes halogenated alkanes) is 2. The van der Waals surface area contributed by atoms with Crippen molar-refractivity contribution in [3.05, 3.63) is 22.8 Å². The Balaban J connectivity index is 1.83. The van der Waals surface area contributed by atoms with Crippen LogP contribution in [0, 0.1) is 0 Å². The van der Waals surface area contributed by atoms with Crippen molar-refractivity contribution in [1.29, 1.82) is 0 Å². The number of methoxy groups -OCH3 is 1. The van der Waals surface area contributed by atoms with E-state index in [0.29, 0.717) is 5.95 Å². The van der Waals surface area contributed by atoms with Gasteiger partial charge in [0.05, 0.1) is 4.47 Å². The summed E-state index contributed by atoms with van der Waals surface area (Å²) in [7, 11) is 1.73. The molecule has 0 aliphatic rings. The van der Waals surface area contributed by atoms with Gasteiger partial charge >= 0.3 is 0 Å². The zero-order valence-corrected chi connectivity index (χ0v) is 12.0. The molecule has 1 N–H and O–H groups in total. The summed E-state index contributed by atoms with van der Waals surface area (Å²) in [6.45, 7) is 1.72. The van der Waals surface area contributed by atoms with Crippen molar-refractivity contribution in [2.45, 2.75) is 19.3 Å². The van der Waals surface area contributed by atoms with Gasteiger partial charge in [0.15, 0.2) is 5.65 Å². The molecule has 0 atom stereocenters. The lowest BCUT2D eigenvalue weighted by Crippen LogP contribution is -2.03. The van der Waals surface area contributed by atoms with Crippen molar-refractivity contribution in [3.63, 3.8) is 0 Å². The van der Waals surface area contributed by atoms with Crippen LogP contribution in [0.25, 0.3) is 5.65 Å². The van der Waals surface area contributed by atoms with E-state index in [-0.39, 0.29) is 0 Å². The molecule has 0 saturated carbocycles. The van der Waals surface area contributed by atoms with E-state index in [1.54, 1.807) is 11.6 Å². The van der Waals surface area contributed by atoms with Crippen LogP contribution in [0.5, 0.6) is 0 Å². The Morgan fingerprint density at radius 3 is 3.06 bits per heavy atom. The molecule has 0 saturated heterocycles. The molecule has 2 rings (SSSR count). The summed E-state index contributed by atoms with van der Waals surface area (Å²) in [5, 5.41) is 7.58. The molecule has 0 bridgehead atoms. The summed E-state index contributed by atoms with van der Waals surface area (Å²) < 4.78 is 7.72. The minimum absolute atomic E-state index is 0.675. The second-order valence-corrected chi connectivity index (χ2v) is 4.89. The first kappa shape index (κ1) is 13.3. The molecule has 2 heterocycles. The lowest BCUT2D eigenvalue weighted by Gasteiger charge is -2.01. The molecule has 0 spiro atoms. The lowest BCUT2D eigenvalue weighted by atomic mass is 10.2. The molecule has 0 unspecified atom stereocenters. The van der Waals surface area contributed by atoms with Crippen LogP contribution >= 0.6 is 15.9 Å². The average Bonchev–Trinajstić information content (AvgIpc) is 2.78. The van der Waals surface area contributed by atoms with Crippen molar-refractivity contribution in [3.8, 4) is 0 Å². The Morgan fingerprint density at radius 2 is 2.28 bits per heavy atom. The van der Waals surface area contributed by atoms with Gasteiger partial charge in [0.1, 0.15) is 0 Å². The Hall–Kier alpha value is -1.14. The third kappa shape index (κ3) is 3.43. The van der Waals surface area contributed by atoms with Gasteiger partial charge in [0.2, 0.25) is 5.95 Å². The molecule has 0 fully saturated rings. The third-order valence-corrected chi connectivity index (χ3v) is 3.24. The predicted molar refractivity (Wildman–Crippen MR) is 74.9 cm³/mol. The van der Waals surface area contributed by atoms with Crippen LogP contribution in [0.15, 0.2) is 22.8 Å². The quantitative estimate of drug-likeness (QED) is 0.799. The lowest BCUT2D eigenvalue weighted by molar-refractivity contribution is 0.192. The fourth-order valence-corrected chi connectivity index (χ4v) is 2.12. The number of ether oxygens (including phenoxy) is 1. The summed E-state index contributed by atoms with van der Waals surface area (Å²) in [5.74, 6) is 0.675. The van der Waals surface area contributed by atoms with Gasteiger partial charge < -0.3 is 10.1 Å². The van der Waals surface area contributed by atoms with E-state index in [1.807, 2.05) is 18.3 Å². The first-order valence-corrected chi connectivity index (χ1v) is 6.84. The number of aromatic nitrogens is 3. The maximum Gasteiger partial charge on any atom is 0.243 e. The van der Waals surface area contributed by atoms with Crippen LogP contribution in [-0.2, 0) is 4.74 Å². The molecule has 98 valence electrons. The molecule has 5 nitrogen and oxygen atoms in total. The van der Waals surface area contributed by atoms with Crippen LogP contribution in [0.1, 0.15) is 19.3 Å². The van der Waals surface area contributed by atoms with E-state index >= 15 is 0 Å². The van der Waals surface area contributed by atoms with Gasteiger partial charge in [0, 0.05) is 26.5 Å². The van der Waals surface area contributed by atoms with Crippen LogP contribution in [0.2, 0.25) is 0 Å². The Bertz CT molecular complexity index is 500. The number of halogens is 1. The van der Waals surface area contributed by atoms with Crippen molar-refractivity contribution in [2.24, 2.45) is 0 Å². The van der Waals surface area contributed by atoms with Gasteiger partial charge in [-0.15, -0.1) is 5.10 Å². The van der Waals surface area contributed by atoms with Crippen molar-refractivity contribution in [2.75, 3.05) is 25.6 Å². The van der Waals surface area contributed by atoms with Gasteiger partial charge in [-0.05, 0) is 47.3 Å². The topological polar surface area (TPSA) is 51.5 Å². The number of nitrogens with zero attached hydrogens (tertiary/aromatic N) is 3. The first-order valence-electron chi connectivity index (χ1n) is 6.05. The van der Waals surface area contributed by atoms with Crippen molar-refractivity contribution >= 4 is 27.5 Å².